The number of rotatable bonds is 2. The zero-order valence-corrected chi connectivity index (χ0v) is 9.02. The van der Waals surface area contributed by atoms with Crippen molar-refractivity contribution in [2.45, 2.75) is 6.92 Å². The summed E-state index contributed by atoms with van der Waals surface area (Å²) in [5, 5.41) is 7.12. The molecule has 0 saturated carbocycles. The van der Waals surface area contributed by atoms with Crippen molar-refractivity contribution in [2.24, 2.45) is 7.05 Å². The van der Waals surface area contributed by atoms with Gasteiger partial charge in [-0.25, -0.2) is 9.97 Å². The molecule has 0 radical (unpaired) electrons. The lowest BCUT2D eigenvalue weighted by Crippen LogP contribution is -1.97. The summed E-state index contributed by atoms with van der Waals surface area (Å²) in [6.45, 7) is 1.88. The van der Waals surface area contributed by atoms with Gasteiger partial charge >= 0.3 is 0 Å². The second-order valence-corrected chi connectivity index (χ2v) is 3.34. The second kappa shape index (κ2) is 3.68. The molecule has 0 spiro atoms. The SMILES string of the molecule is CNc1cc(-c2cnn(C)c2)nc(C)n1. The zero-order valence-electron chi connectivity index (χ0n) is 9.02. The predicted molar refractivity (Wildman–Crippen MR) is 58.5 cm³/mol. The number of aryl methyl sites for hydroxylation is 2. The lowest BCUT2D eigenvalue weighted by molar-refractivity contribution is 0.768. The van der Waals surface area contributed by atoms with E-state index in [4.69, 9.17) is 0 Å². The molecule has 0 saturated heterocycles. The third kappa shape index (κ3) is 1.96. The fourth-order valence-electron chi connectivity index (χ4n) is 1.40. The Bertz CT molecular complexity index is 474. The molecular weight excluding hydrogens is 190 g/mol. The molecule has 2 aromatic heterocycles. The molecule has 5 heteroatoms. The normalized spacial score (nSPS) is 10.3. The quantitative estimate of drug-likeness (QED) is 0.797. The first-order valence-corrected chi connectivity index (χ1v) is 4.71. The average Bonchev–Trinajstić information content (AvgIpc) is 2.64. The van der Waals surface area contributed by atoms with Crippen LogP contribution in [0.3, 0.4) is 0 Å². The maximum atomic E-state index is 4.36. The van der Waals surface area contributed by atoms with E-state index in [0.717, 1.165) is 22.9 Å². The minimum absolute atomic E-state index is 0.751. The molecule has 0 bridgehead atoms. The van der Waals surface area contributed by atoms with Crippen LogP contribution in [0.4, 0.5) is 5.82 Å². The summed E-state index contributed by atoms with van der Waals surface area (Å²) in [5.41, 5.74) is 1.89. The third-order valence-corrected chi connectivity index (χ3v) is 2.09. The minimum atomic E-state index is 0.751. The van der Waals surface area contributed by atoms with Gasteiger partial charge in [-0.1, -0.05) is 0 Å². The van der Waals surface area contributed by atoms with Gasteiger partial charge in [0.1, 0.15) is 11.6 Å². The van der Waals surface area contributed by atoms with Gasteiger partial charge in [0.05, 0.1) is 11.9 Å². The first-order valence-electron chi connectivity index (χ1n) is 4.71. The standard InChI is InChI=1S/C10H13N5/c1-7-13-9(4-10(11-2)14-7)8-5-12-15(3)6-8/h4-6H,1-3H3,(H,11,13,14). The van der Waals surface area contributed by atoms with Gasteiger partial charge in [-0.15, -0.1) is 0 Å². The molecule has 0 atom stereocenters. The molecular formula is C10H13N5. The fraction of sp³-hybridized carbons (Fsp3) is 0.300. The summed E-state index contributed by atoms with van der Waals surface area (Å²) in [6.07, 6.45) is 3.72. The molecule has 0 fully saturated rings. The first kappa shape index (κ1) is 9.64. The van der Waals surface area contributed by atoms with Crippen LogP contribution in [0.2, 0.25) is 0 Å². The number of nitrogens with one attached hydrogen (secondary N) is 1. The van der Waals surface area contributed by atoms with Crippen LogP contribution in [0.5, 0.6) is 0 Å². The molecule has 15 heavy (non-hydrogen) atoms. The monoisotopic (exact) mass is 203 g/mol. The Morgan fingerprint density at radius 2 is 2.13 bits per heavy atom. The molecule has 0 aromatic carbocycles. The topological polar surface area (TPSA) is 55.6 Å². The van der Waals surface area contributed by atoms with Gasteiger partial charge in [-0.2, -0.15) is 5.10 Å². The van der Waals surface area contributed by atoms with Gasteiger partial charge in [0.25, 0.3) is 0 Å². The van der Waals surface area contributed by atoms with E-state index in [-0.39, 0.29) is 0 Å². The molecule has 2 rings (SSSR count). The van der Waals surface area contributed by atoms with Crippen molar-refractivity contribution < 1.29 is 0 Å². The van der Waals surface area contributed by atoms with Crippen molar-refractivity contribution in [3.63, 3.8) is 0 Å². The summed E-state index contributed by atoms with van der Waals surface area (Å²) in [4.78, 5) is 8.60. The van der Waals surface area contributed by atoms with Gasteiger partial charge < -0.3 is 5.32 Å². The highest BCUT2D eigenvalue weighted by molar-refractivity contribution is 5.60. The number of hydrogen-bond donors (Lipinski definition) is 1. The van der Waals surface area contributed by atoms with Crippen molar-refractivity contribution in [1.29, 1.82) is 0 Å². The van der Waals surface area contributed by atoms with E-state index in [2.05, 4.69) is 20.4 Å². The fourth-order valence-corrected chi connectivity index (χ4v) is 1.40. The van der Waals surface area contributed by atoms with E-state index in [1.54, 1.807) is 10.9 Å². The summed E-state index contributed by atoms with van der Waals surface area (Å²) >= 11 is 0. The molecule has 0 aliphatic carbocycles. The molecule has 78 valence electrons. The molecule has 0 amide bonds. The molecule has 0 aliphatic heterocycles. The maximum absolute atomic E-state index is 4.36. The Morgan fingerprint density at radius 1 is 1.33 bits per heavy atom. The number of anilines is 1. The highest BCUT2D eigenvalue weighted by Gasteiger charge is 2.04. The number of nitrogens with zero attached hydrogens (tertiary/aromatic N) is 4. The predicted octanol–water partition coefficient (Wildman–Crippen LogP) is 1.23. The summed E-state index contributed by atoms with van der Waals surface area (Å²) in [5.74, 6) is 1.57. The van der Waals surface area contributed by atoms with Crippen LogP contribution in [0.15, 0.2) is 18.5 Å². The molecule has 1 N–H and O–H groups in total. The smallest absolute Gasteiger partial charge is 0.130 e. The largest absolute Gasteiger partial charge is 0.373 e. The van der Waals surface area contributed by atoms with Crippen LogP contribution in [0.25, 0.3) is 11.3 Å². The van der Waals surface area contributed by atoms with Crippen LogP contribution in [0, 0.1) is 6.92 Å². The average molecular weight is 203 g/mol. The van der Waals surface area contributed by atoms with Crippen LogP contribution >= 0.6 is 0 Å². The van der Waals surface area contributed by atoms with Gasteiger partial charge in [-0.05, 0) is 6.92 Å². The van der Waals surface area contributed by atoms with E-state index >= 15 is 0 Å². The molecule has 5 nitrogen and oxygen atoms in total. The van der Waals surface area contributed by atoms with E-state index < -0.39 is 0 Å². The highest BCUT2D eigenvalue weighted by Crippen LogP contribution is 2.18. The molecule has 2 aromatic rings. The number of hydrogen-bond acceptors (Lipinski definition) is 4. The van der Waals surface area contributed by atoms with E-state index in [1.165, 1.54) is 0 Å². The van der Waals surface area contributed by atoms with Crippen molar-refractivity contribution in [3.8, 4) is 11.3 Å². The number of aromatic nitrogens is 4. The summed E-state index contributed by atoms with van der Waals surface area (Å²) in [7, 11) is 3.73. The lowest BCUT2D eigenvalue weighted by atomic mass is 10.2. The Hall–Kier alpha value is -1.91. The van der Waals surface area contributed by atoms with Crippen molar-refractivity contribution >= 4 is 5.82 Å². The Labute approximate surface area is 88.2 Å². The van der Waals surface area contributed by atoms with Gasteiger partial charge in [0.2, 0.25) is 0 Å². The van der Waals surface area contributed by atoms with Gasteiger partial charge in [-0.3, -0.25) is 4.68 Å². The van der Waals surface area contributed by atoms with Crippen LogP contribution in [-0.2, 0) is 7.05 Å². The summed E-state index contributed by atoms with van der Waals surface area (Å²) in [6, 6.07) is 1.91. The second-order valence-electron chi connectivity index (χ2n) is 3.34. The van der Waals surface area contributed by atoms with Gasteiger partial charge in [0.15, 0.2) is 0 Å². The van der Waals surface area contributed by atoms with E-state index in [0.29, 0.717) is 0 Å². The Balaban J connectivity index is 2.48. The lowest BCUT2D eigenvalue weighted by Gasteiger charge is -2.03. The highest BCUT2D eigenvalue weighted by atomic mass is 15.2. The Morgan fingerprint density at radius 3 is 2.73 bits per heavy atom. The van der Waals surface area contributed by atoms with Gasteiger partial charge in [0, 0.05) is 31.9 Å². The zero-order chi connectivity index (χ0) is 10.8. The van der Waals surface area contributed by atoms with E-state index in [9.17, 15) is 0 Å². The molecule has 2 heterocycles. The van der Waals surface area contributed by atoms with Crippen LogP contribution < -0.4 is 5.32 Å². The van der Waals surface area contributed by atoms with Crippen LogP contribution in [-0.4, -0.2) is 26.8 Å². The molecule has 0 aliphatic rings. The first-order chi connectivity index (χ1) is 7.19. The maximum Gasteiger partial charge on any atom is 0.130 e. The molecule has 0 unspecified atom stereocenters. The van der Waals surface area contributed by atoms with E-state index in [1.807, 2.05) is 33.3 Å². The van der Waals surface area contributed by atoms with Crippen LogP contribution in [0.1, 0.15) is 5.82 Å². The Kier molecular flexibility index (Phi) is 2.37. The third-order valence-electron chi connectivity index (χ3n) is 2.09. The summed E-state index contributed by atoms with van der Waals surface area (Å²) < 4.78 is 1.76. The minimum Gasteiger partial charge on any atom is -0.373 e. The van der Waals surface area contributed by atoms with Crippen molar-refractivity contribution in [1.82, 2.24) is 19.7 Å². The van der Waals surface area contributed by atoms with Crippen molar-refractivity contribution in [3.05, 3.63) is 24.3 Å². The van der Waals surface area contributed by atoms with Crippen molar-refractivity contribution in [2.75, 3.05) is 12.4 Å².